The van der Waals surface area contributed by atoms with E-state index in [2.05, 4.69) is 10.6 Å². The predicted octanol–water partition coefficient (Wildman–Crippen LogP) is 1.50. The molecule has 1 aromatic carbocycles. The molecule has 0 aromatic heterocycles. The number of carbonyl (C=O) groups excluding carboxylic acids is 1. The summed E-state index contributed by atoms with van der Waals surface area (Å²) in [5.74, 6) is -1.71. The summed E-state index contributed by atoms with van der Waals surface area (Å²) < 4.78 is 37.7. The van der Waals surface area contributed by atoms with E-state index < -0.39 is 28.3 Å². The molecule has 2 N–H and O–H groups in total. The molecular formula is C12H16F2N2O2S. The van der Waals surface area contributed by atoms with Crippen LogP contribution in [0, 0.1) is 11.6 Å². The summed E-state index contributed by atoms with van der Waals surface area (Å²) in [6.07, 6.45) is 2.12. The van der Waals surface area contributed by atoms with Gasteiger partial charge in [-0.2, -0.15) is 0 Å². The van der Waals surface area contributed by atoms with Gasteiger partial charge in [-0.15, -0.1) is 0 Å². The van der Waals surface area contributed by atoms with E-state index in [0.29, 0.717) is 18.7 Å². The van der Waals surface area contributed by atoms with Gasteiger partial charge in [-0.05, 0) is 18.6 Å². The molecule has 0 bridgehead atoms. The van der Waals surface area contributed by atoms with E-state index in [-0.39, 0.29) is 11.3 Å². The van der Waals surface area contributed by atoms with E-state index >= 15 is 0 Å². The van der Waals surface area contributed by atoms with Crippen LogP contribution < -0.4 is 10.6 Å². The molecule has 1 unspecified atom stereocenters. The van der Waals surface area contributed by atoms with Gasteiger partial charge < -0.3 is 10.6 Å². The summed E-state index contributed by atoms with van der Waals surface area (Å²) >= 11 is 0. The first-order chi connectivity index (χ1) is 8.95. The molecule has 0 saturated heterocycles. The van der Waals surface area contributed by atoms with Gasteiger partial charge in [-0.3, -0.25) is 9.00 Å². The van der Waals surface area contributed by atoms with Crippen molar-refractivity contribution in [3.63, 3.8) is 0 Å². The highest BCUT2D eigenvalue weighted by atomic mass is 32.2. The molecule has 0 spiro atoms. The zero-order chi connectivity index (χ0) is 14.4. The molecule has 0 radical (unpaired) electrons. The Labute approximate surface area is 113 Å². The minimum absolute atomic E-state index is 0.0772. The summed E-state index contributed by atoms with van der Waals surface area (Å²) in [6, 6.07) is 1.95. The molecule has 0 saturated carbocycles. The Balaban J connectivity index is 2.65. The van der Waals surface area contributed by atoms with Crippen LogP contribution in [0.15, 0.2) is 12.1 Å². The number of hydrogen-bond donors (Lipinski definition) is 2. The molecule has 19 heavy (non-hydrogen) atoms. The molecule has 1 amide bonds. The first kappa shape index (κ1) is 15.6. The van der Waals surface area contributed by atoms with Crippen LogP contribution in [0.2, 0.25) is 0 Å². The van der Waals surface area contributed by atoms with Gasteiger partial charge in [0.1, 0.15) is 17.3 Å². The molecule has 0 fully saturated rings. The van der Waals surface area contributed by atoms with Crippen LogP contribution >= 0.6 is 0 Å². The highest BCUT2D eigenvalue weighted by molar-refractivity contribution is 7.84. The number of carbonyl (C=O) groups is 1. The minimum Gasteiger partial charge on any atom is -0.383 e. The van der Waals surface area contributed by atoms with Crippen LogP contribution in [0.4, 0.5) is 14.5 Å². The van der Waals surface area contributed by atoms with E-state index in [1.165, 1.54) is 7.05 Å². The molecule has 0 heterocycles. The van der Waals surface area contributed by atoms with Crippen molar-refractivity contribution in [1.29, 1.82) is 0 Å². The van der Waals surface area contributed by atoms with E-state index in [1.807, 2.05) is 0 Å². The van der Waals surface area contributed by atoms with Crippen molar-refractivity contribution in [3.05, 3.63) is 29.3 Å². The molecule has 106 valence electrons. The van der Waals surface area contributed by atoms with Crippen molar-refractivity contribution < 1.29 is 17.8 Å². The lowest BCUT2D eigenvalue weighted by atomic mass is 10.1. The molecule has 7 heteroatoms. The Morgan fingerprint density at radius 3 is 2.37 bits per heavy atom. The van der Waals surface area contributed by atoms with Crippen molar-refractivity contribution >= 4 is 22.4 Å². The average Bonchev–Trinajstić information content (AvgIpc) is 2.33. The van der Waals surface area contributed by atoms with Crippen molar-refractivity contribution in [2.24, 2.45) is 0 Å². The van der Waals surface area contributed by atoms with Crippen molar-refractivity contribution in [2.75, 3.05) is 30.9 Å². The number of hydrogen-bond acceptors (Lipinski definition) is 3. The number of benzene rings is 1. The van der Waals surface area contributed by atoms with Gasteiger partial charge in [-0.1, -0.05) is 0 Å². The van der Waals surface area contributed by atoms with Gasteiger partial charge >= 0.3 is 0 Å². The van der Waals surface area contributed by atoms with Crippen LogP contribution in [0.1, 0.15) is 16.8 Å². The lowest BCUT2D eigenvalue weighted by molar-refractivity contribution is 0.0953. The summed E-state index contributed by atoms with van der Waals surface area (Å²) in [7, 11) is 0.479. The van der Waals surface area contributed by atoms with Crippen LogP contribution in [-0.4, -0.2) is 35.7 Å². The third-order valence-corrected chi connectivity index (χ3v) is 3.31. The number of nitrogens with one attached hydrogen (secondary N) is 2. The summed E-state index contributed by atoms with van der Waals surface area (Å²) in [5.41, 5.74) is -0.343. The maximum atomic E-state index is 13.4. The van der Waals surface area contributed by atoms with Gasteiger partial charge in [0, 0.05) is 42.0 Å². The number of anilines is 1. The zero-order valence-electron chi connectivity index (χ0n) is 10.8. The van der Waals surface area contributed by atoms with Gasteiger partial charge in [0.2, 0.25) is 0 Å². The average molecular weight is 290 g/mol. The van der Waals surface area contributed by atoms with Gasteiger partial charge in [0.25, 0.3) is 5.91 Å². The zero-order valence-corrected chi connectivity index (χ0v) is 11.6. The fourth-order valence-electron chi connectivity index (χ4n) is 1.52. The van der Waals surface area contributed by atoms with Gasteiger partial charge in [0.15, 0.2) is 0 Å². The fourth-order valence-corrected chi connectivity index (χ4v) is 2.07. The van der Waals surface area contributed by atoms with Crippen molar-refractivity contribution in [1.82, 2.24) is 5.32 Å². The molecule has 4 nitrogen and oxygen atoms in total. The van der Waals surface area contributed by atoms with Crippen molar-refractivity contribution in [2.45, 2.75) is 6.42 Å². The fraction of sp³-hybridized carbons (Fsp3) is 0.417. The number of amides is 1. The number of rotatable bonds is 6. The number of halogens is 2. The molecule has 0 aliphatic rings. The third-order valence-electron chi connectivity index (χ3n) is 2.45. The highest BCUT2D eigenvalue weighted by Crippen LogP contribution is 2.20. The Hall–Kier alpha value is -1.50. The molecule has 0 aliphatic heterocycles. The van der Waals surface area contributed by atoms with Crippen LogP contribution in [-0.2, 0) is 10.8 Å². The lowest BCUT2D eigenvalue weighted by Crippen LogP contribution is -2.25. The molecule has 1 aromatic rings. The quantitative estimate of drug-likeness (QED) is 0.781. The Kier molecular flexibility index (Phi) is 5.88. The topological polar surface area (TPSA) is 58.2 Å². The second kappa shape index (κ2) is 7.18. The summed E-state index contributed by atoms with van der Waals surface area (Å²) in [6.45, 7) is 0.315. The van der Waals surface area contributed by atoms with Crippen LogP contribution in [0.25, 0.3) is 0 Å². The Bertz CT molecular complexity index is 472. The molecule has 1 rings (SSSR count). The van der Waals surface area contributed by atoms with Gasteiger partial charge in [-0.25, -0.2) is 8.78 Å². The minimum atomic E-state index is -0.916. The van der Waals surface area contributed by atoms with E-state index in [4.69, 9.17) is 0 Å². The molecule has 1 atom stereocenters. The van der Waals surface area contributed by atoms with Crippen molar-refractivity contribution in [3.8, 4) is 0 Å². The standard InChI is InChI=1S/C12H16F2N2O2S/c1-15-11-9(13)6-8(7-10(11)14)12(17)16-4-3-5-19(2)18/h6-7,15H,3-5H2,1-2H3,(H,16,17). The van der Waals surface area contributed by atoms with Crippen LogP contribution in [0.3, 0.4) is 0 Å². The monoisotopic (exact) mass is 290 g/mol. The van der Waals surface area contributed by atoms with Crippen LogP contribution in [0.5, 0.6) is 0 Å². The third kappa shape index (κ3) is 4.59. The smallest absolute Gasteiger partial charge is 0.251 e. The maximum absolute atomic E-state index is 13.4. The Morgan fingerprint density at radius 1 is 1.32 bits per heavy atom. The maximum Gasteiger partial charge on any atom is 0.251 e. The van der Waals surface area contributed by atoms with E-state index in [9.17, 15) is 17.8 Å². The van der Waals surface area contributed by atoms with E-state index in [0.717, 1.165) is 12.1 Å². The lowest BCUT2D eigenvalue weighted by Gasteiger charge is -2.08. The first-order valence-corrected chi connectivity index (χ1v) is 7.43. The first-order valence-electron chi connectivity index (χ1n) is 5.70. The van der Waals surface area contributed by atoms with E-state index in [1.54, 1.807) is 6.26 Å². The Morgan fingerprint density at radius 2 is 1.89 bits per heavy atom. The second-order valence-electron chi connectivity index (χ2n) is 3.95. The SMILES string of the molecule is CNc1c(F)cc(C(=O)NCCCS(C)=O)cc1F. The second-order valence-corrected chi connectivity index (χ2v) is 5.51. The van der Waals surface area contributed by atoms with Gasteiger partial charge in [0.05, 0.1) is 0 Å². The summed E-state index contributed by atoms with van der Waals surface area (Å²) in [5, 5.41) is 4.90. The summed E-state index contributed by atoms with van der Waals surface area (Å²) in [4.78, 5) is 11.7. The molecule has 0 aliphatic carbocycles. The molecular weight excluding hydrogens is 274 g/mol. The largest absolute Gasteiger partial charge is 0.383 e. The normalized spacial score (nSPS) is 12.0. The highest BCUT2D eigenvalue weighted by Gasteiger charge is 2.13. The predicted molar refractivity (Wildman–Crippen MR) is 71.8 cm³/mol.